The van der Waals surface area contributed by atoms with E-state index in [0.29, 0.717) is 5.56 Å². The second kappa shape index (κ2) is 7.14. The minimum atomic E-state index is -0.886. The predicted molar refractivity (Wildman–Crippen MR) is 72.4 cm³/mol. The zero-order valence-electron chi connectivity index (χ0n) is 10.4. The molecule has 0 atom stereocenters. The maximum Gasteiger partial charge on any atom is 0.335 e. The summed E-state index contributed by atoms with van der Waals surface area (Å²) in [7, 11) is 4.03. The van der Waals surface area contributed by atoms with Gasteiger partial charge >= 0.3 is 5.97 Å². The van der Waals surface area contributed by atoms with Gasteiger partial charge in [0.15, 0.2) is 0 Å². The molecular weight excluding hydrogens is 240 g/mol. The van der Waals surface area contributed by atoms with Crippen molar-refractivity contribution in [3.63, 3.8) is 0 Å². The van der Waals surface area contributed by atoms with Crippen molar-refractivity contribution >= 4 is 24.1 Å². The molecule has 0 heterocycles. The van der Waals surface area contributed by atoms with Crippen LogP contribution in [0.3, 0.4) is 0 Å². The van der Waals surface area contributed by atoms with E-state index >= 15 is 0 Å². The third kappa shape index (κ3) is 5.06. The molecule has 1 rings (SSSR count). The first-order valence-electron chi connectivity index (χ1n) is 5.23. The average Bonchev–Trinajstić information content (AvgIpc) is 2.19. The Bertz CT molecular complexity index is 381. The van der Waals surface area contributed by atoms with Crippen LogP contribution in [0.1, 0.15) is 15.9 Å². The third-order valence-corrected chi connectivity index (χ3v) is 2.35. The number of aromatic carboxylic acids is 1. The zero-order chi connectivity index (χ0) is 12.1. The Morgan fingerprint density at radius 2 is 2.06 bits per heavy atom. The molecule has 5 heteroatoms. The molecule has 0 saturated carbocycles. The first-order chi connectivity index (χ1) is 7.50. The molecule has 0 spiro atoms. The van der Waals surface area contributed by atoms with Crippen LogP contribution in [0, 0.1) is 6.92 Å². The highest BCUT2D eigenvalue weighted by atomic mass is 35.5. The predicted octanol–water partition coefficient (Wildman–Crippen LogP) is 2.09. The van der Waals surface area contributed by atoms with Crippen LogP contribution in [0.2, 0.25) is 0 Å². The van der Waals surface area contributed by atoms with Gasteiger partial charge in [-0.15, -0.1) is 12.4 Å². The van der Waals surface area contributed by atoms with Crippen LogP contribution in [0.4, 0.5) is 5.69 Å². The highest BCUT2D eigenvalue weighted by Gasteiger charge is 2.05. The number of likely N-dealkylation sites (N-methyl/N-ethyl adjacent to an activating group) is 1. The SMILES string of the molecule is Cc1cc(C(=O)O)ccc1NCCN(C)C.Cl. The number of carbonyl (C=O) groups is 1. The molecule has 0 amide bonds. The molecule has 0 radical (unpaired) electrons. The van der Waals surface area contributed by atoms with E-state index in [0.717, 1.165) is 24.3 Å². The molecule has 0 aromatic heterocycles. The molecule has 17 heavy (non-hydrogen) atoms. The Kier molecular flexibility index (Phi) is 6.61. The second-order valence-electron chi connectivity index (χ2n) is 4.06. The van der Waals surface area contributed by atoms with Gasteiger partial charge < -0.3 is 15.3 Å². The Balaban J connectivity index is 0.00000256. The lowest BCUT2D eigenvalue weighted by Gasteiger charge is -2.13. The average molecular weight is 259 g/mol. The van der Waals surface area contributed by atoms with Gasteiger partial charge in [0.1, 0.15) is 0 Å². The first-order valence-corrected chi connectivity index (χ1v) is 5.23. The number of carboxylic acids is 1. The number of halogens is 1. The summed E-state index contributed by atoms with van der Waals surface area (Å²) in [6, 6.07) is 5.11. The molecule has 2 N–H and O–H groups in total. The topological polar surface area (TPSA) is 52.6 Å². The molecular formula is C12H19ClN2O2. The fourth-order valence-electron chi connectivity index (χ4n) is 1.41. The van der Waals surface area contributed by atoms with Gasteiger partial charge in [-0.25, -0.2) is 4.79 Å². The van der Waals surface area contributed by atoms with Gasteiger partial charge in [0, 0.05) is 18.8 Å². The Labute approximate surface area is 108 Å². The number of nitrogens with one attached hydrogen (secondary N) is 1. The lowest BCUT2D eigenvalue weighted by molar-refractivity contribution is 0.0697. The van der Waals surface area contributed by atoms with Crippen molar-refractivity contribution in [2.24, 2.45) is 0 Å². The monoisotopic (exact) mass is 258 g/mol. The molecule has 0 bridgehead atoms. The molecule has 0 saturated heterocycles. The molecule has 0 aliphatic heterocycles. The van der Waals surface area contributed by atoms with E-state index in [1.807, 2.05) is 27.1 Å². The van der Waals surface area contributed by atoms with Gasteiger partial charge in [0.05, 0.1) is 5.56 Å². The van der Waals surface area contributed by atoms with Crippen LogP contribution in [0.5, 0.6) is 0 Å². The fourth-order valence-corrected chi connectivity index (χ4v) is 1.41. The number of carboxylic acid groups (broad SMARTS) is 1. The molecule has 0 fully saturated rings. The van der Waals surface area contributed by atoms with Gasteiger partial charge in [-0.05, 0) is 44.8 Å². The number of rotatable bonds is 5. The van der Waals surface area contributed by atoms with E-state index in [-0.39, 0.29) is 12.4 Å². The number of benzene rings is 1. The summed E-state index contributed by atoms with van der Waals surface area (Å²) in [6.45, 7) is 3.70. The van der Waals surface area contributed by atoms with Gasteiger partial charge in [-0.3, -0.25) is 0 Å². The summed E-state index contributed by atoms with van der Waals surface area (Å²) in [4.78, 5) is 12.8. The molecule has 96 valence electrons. The van der Waals surface area contributed by atoms with Crippen LogP contribution >= 0.6 is 12.4 Å². The van der Waals surface area contributed by atoms with E-state index in [9.17, 15) is 4.79 Å². The number of aryl methyl sites for hydroxylation is 1. The number of hydrogen-bond acceptors (Lipinski definition) is 3. The summed E-state index contributed by atoms with van der Waals surface area (Å²) < 4.78 is 0. The summed E-state index contributed by atoms with van der Waals surface area (Å²) >= 11 is 0. The standard InChI is InChI=1S/C12H18N2O2.ClH/c1-9-8-10(12(15)16)4-5-11(9)13-6-7-14(2)3;/h4-5,8,13H,6-7H2,1-3H3,(H,15,16);1H. The van der Waals surface area contributed by atoms with Crippen molar-refractivity contribution in [2.75, 3.05) is 32.5 Å². The van der Waals surface area contributed by atoms with Crippen LogP contribution in [0.15, 0.2) is 18.2 Å². The minimum absolute atomic E-state index is 0. The fraction of sp³-hybridized carbons (Fsp3) is 0.417. The van der Waals surface area contributed by atoms with E-state index in [2.05, 4.69) is 10.2 Å². The lowest BCUT2D eigenvalue weighted by Crippen LogP contribution is -2.21. The van der Waals surface area contributed by atoms with E-state index in [4.69, 9.17) is 5.11 Å². The molecule has 0 aliphatic carbocycles. The summed E-state index contributed by atoms with van der Waals surface area (Å²) in [5.74, 6) is -0.886. The molecule has 1 aromatic carbocycles. The lowest BCUT2D eigenvalue weighted by atomic mass is 10.1. The normalized spacial score (nSPS) is 9.88. The summed E-state index contributed by atoms with van der Waals surface area (Å²) in [6.07, 6.45) is 0. The maximum absolute atomic E-state index is 10.7. The minimum Gasteiger partial charge on any atom is -0.478 e. The number of anilines is 1. The highest BCUT2D eigenvalue weighted by Crippen LogP contribution is 2.16. The van der Waals surface area contributed by atoms with Crippen LogP contribution in [0.25, 0.3) is 0 Å². The number of nitrogens with zero attached hydrogens (tertiary/aromatic N) is 1. The Hall–Kier alpha value is -1.26. The second-order valence-corrected chi connectivity index (χ2v) is 4.06. The third-order valence-electron chi connectivity index (χ3n) is 2.35. The molecule has 4 nitrogen and oxygen atoms in total. The maximum atomic E-state index is 10.7. The smallest absolute Gasteiger partial charge is 0.335 e. The van der Waals surface area contributed by atoms with Crippen molar-refractivity contribution in [1.82, 2.24) is 4.90 Å². The van der Waals surface area contributed by atoms with Gasteiger partial charge in [0.25, 0.3) is 0 Å². The summed E-state index contributed by atoms with van der Waals surface area (Å²) in [5, 5.41) is 12.1. The van der Waals surface area contributed by atoms with Gasteiger partial charge in [-0.1, -0.05) is 0 Å². The largest absolute Gasteiger partial charge is 0.478 e. The van der Waals surface area contributed by atoms with Crippen molar-refractivity contribution in [2.45, 2.75) is 6.92 Å². The zero-order valence-corrected chi connectivity index (χ0v) is 11.2. The quantitative estimate of drug-likeness (QED) is 0.849. The first kappa shape index (κ1) is 15.7. The van der Waals surface area contributed by atoms with Crippen molar-refractivity contribution in [3.05, 3.63) is 29.3 Å². The van der Waals surface area contributed by atoms with Crippen molar-refractivity contribution < 1.29 is 9.90 Å². The van der Waals surface area contributed by atoms with Gasteiger partial charge in [0.2, 0.25) is 0 Å². The van der Waals surface area contributed by atoms with Crippen LogP contribution in [-0.4, -0.2) is 43.2 Å². The Morgan fingerprint density at radius 3 is 2.53 bits per heavy atom. The molecule has 0 aliphatic rings. The molecule has 0 unspecified atom stereocenters. The van der Waals surface area contributed by atoms with E-state index in [1.54, 1.807) is 12.1 Å². The van der Waals surface area contributed by atoms with Gasteiger partial charge in [-0.2, -0.15) is 0 Å². The highest BCUT2D eigenvalue weighted by molar-refractivity contribution is 5.88. The summed E-state index contributed by atoms with van der Waals surface area (Å²) in [5.41, 5.74) is 2.28. The number of hydrogen-bond donors (Lipinski definition) is 2. The van der Waals surface area contributed by atoms with Crippen LogP contribution < -0.4 is 5.32 Å². The molecule has 1 aromatic rings. The van der Waals surface area contributed by atoms with Crippen LogP contribution in [-0.2, 0) is 0 Å². The van der Waals surface area contributed by atoms with Crippen molar-refractivity contribution in [3.8, 4) is 0 Å². The Morgan fingerprint density at radius 1 is 1.41 bits per heavy atom. The van der Waals surface area contributed by atoms with E-state index < -0.39 is 5.97 Å². The van der Waals surface area contributed by atoms with E-state index in [1.165, 1.54) is 0 Å². The van der Waals surface area contributed by atoms with Crippen molar-refractivity contribution in [1.29, 1.82) is 0 Å².